The first-order valence-electron chi connectivity index (χ1n) is 10.9. The molecule has 0 saturated carbocycles. The Morgan fingerprint density at radius 3 is 2.69 bits per heavy atom. The number of nitrogens with zero attached hydrogens (tertiary/aromatic N) is 9. The average molecular weight is 483 g/mol. The summed E-state index contributed by atoms with van der Waals surface area (Å²) in [5, 5.41) is 20.5. The zero-order chi connectivity index (χ0) is 24.6. The number of fused-ring (bicyclic) bond motifs is 1. The first-order chi connectivity index (χ1) is 16.9. The highest BCUT2D eigenvalue weighted by molar-refractivity contribution is 5.51. The molecule has 4 aromatic rings. The van der Waals surface area contributed by atoms with Crippen molar-refractivity contribution in [2.24, 2.45) is 0 Å². The monoisotopic (exact) mass is 483 g/mol. The maximum absolute atomic E-state index is 14.9. The molecule has 0 bridgehead atoms. The van der Waals surface area contributed by atoms with Crippen LogP contribution in [0.1, 0.15) is 18.3 Å². The molecule has 1 aromatic carbocycles. The third-order valence-electron chi connectivity index (χ3n) is 6.27. The number of hydrogen-bond acceptors (Lipinski definition) is 9. The molecule has 4 heterocycles. The molecule has 13 heteroatoms. The van der Waals surface area contributed by atoms with E-state index in [-0.39, 0.29) is 18.1 Å². The smallest absolute Gasteiger partial charge is 0.316 e. The Morgan fingerprint density at radius 1 is 1.20 bits per heavy atom. The van der Waals surface area contributed by atoms with Gasteiger partial charge < -0.3 is 9.84 Å². The summed E-state index contributed by atoms with van der Waals surface area (Å²) in [6.07, 6.45) is 5.94. The van der Waals surface area contributed by atoms with Crippen molar-refractivity contribution < 1.29 is 18.6 Å². The van der Waals surface area contributed by atoms with Crippen LogP contribution >= 0.6 is 0 Å². The van der Waals surface area contributed by atoms with Gasteiger partial charge in [-0.15, -0.1) is 0 Å². The molecule has 1 aliphatic heterocycles. The van der Waals surface area contributed by atoms with E-state index in [1.165, 1.54) is 30.5 Å². The normalized spacial score (nSPS) is 16.5. The Kier molecular flexibility index (Phi) is 5.94. The van der Waals surface area contributed by atoms with Gasteiger partial charge in [0.1, 0.15) is 35.7 Å². The number of aliphatic hydroxyl groups is 1. The van der Waals surface area contributed by atoms with Crippen molar-refractivity contribution in [2.45, 2.75) is 38.2 Å². The third kappa shape index (κ3) is 4.35. The highest BCUT2D eigenvalue weighted by Gasteiger charge is 2.43. The summed E-state index contributed by atoms with van der Waals surface area (Å²) in [6, 6.07) is 2.83. The summed E-state index contributed by atoms with van der Waals surface area (Å²) in [5.74, 6) is -0.402. The predicted molar refractivity (Wildman–Crippen MR) is 118 cm³/mol. The number of benzene rings is 1. The van der Waals surface area contributed by atoms with Gasteiger partial charge in [-0.25, -0.2) is 38.1 Å². The summed E-state index contributed by atoms with van der Waals surface area (Å²) in [6.45, 7) is 3.11. The van der Waals surface area contributed by atoms with Gasteiger partial charge in [0, 0.05) is 36.6 Å². The van der Waals surface area contributed by atoms with Gasteiger partial charge in [0.25, 0.3) is 0 Å². The summed E-state index contributed by atoms with van der Waals surface area (Å²) in [5.41, 5.74) is -1.12. The standard InChI is InChI=1S/C22H23F2N9O2/c1-14(22(34,11-32-13-25-12-28-32)17-4-3-16(23)7-18(17)24)31-5-6-33-19(10-31)29-20(30-33)15-8-26-21(35-2)27-9-15/h3-4,7-9,12-14,34H,5-6,10-11H2,1-2H3/t14-,22-/m1/s1. The molecule has 0 amide bonds. The second-order valence-corrected chi connectivity index (χ2v) is 8.32. The fourth-order valence-electron chi connectivity index (χ4n) is 4.29. The second kappa shape index (κ2) is 9.07. The molecule has 2 atom stereocenters. The molecule has 1 N–H and O–H groups in total. The molecule has 11 nitrogen and oxygen atoms in total. The molecule has 0 aliphatic carbocycles. The zero-order valence-corrected chi connectivity index (χ0v) is 19.1. The lowest BCUT2D eigenvalue weighted by Gasteiger charge is -2.42. The van der Waals surface area contributed by atoms with E-state index < -0.39 is 23.3 Å². The van der Waals surface area contributed by atoms with Gasteiger partial charge in [-0.1, -0.05) is 6.07 Å². The number of hydrogen-bond donors (Lipinski definition) is 1. The topological polar surface area (TPSA) is 120 Å². The predicted octanol–water partition coefficient (Wildman–Crippen LogP) is 1.41. The van der Waals surface area contributed by atoms with Crippen LogP contribution in [0, 0.1) is 11.6 Å². The van der Waals surface area contributed by atoms with E-state index in [1.807, 2.05) is 4.90 Å². The molecule has 0 radical (unpaired) electrons. The van der Waals surface area contributed by atoms with Gasteiger partial charge in [-0.3, -0.25) is 4.90 Å². The third-order valence-corrected chi connectivity index (χ3v) is 6.27. The largest absolute Gasteiger partial charge is 0.467 e. The van der Waals surface area contributed by atoms with E-state index in [2.05, 4.69) is 30.1 Å². The van der Waals surface area contributed by atoms with E-state index in [1.54, 1.807) is 24.0 Å². The lowest BCUT2D eigenvalue weighted by Crippen LogP contribution is -2.53. The van der Waals surface area contributed by atoms with Gasteiger partial charge in [-0.05, 0) is 13.0 Å². The van der Waals surface area contributed by atoms with Crippen molar-refractivity contribution in [1.29, 1.82) is 0 Å². The Bertz CT molecular complexity index is 1310. The molecular weight excluding hydrogens is 460 g/mol. The molecule has 1 aliphatic rings. The molecule has 0 spiro atoms. The van der Waals surface area contributed by atoms with Gasteiger partial charge in [0.05, 0.1) is 32.3 Å². The minimum atomic E-state index is -1.74. The Hall–Kier alpha value is -3.84. The summed E-state index contributed by atoms with van der Waals surface area (Å²) >= 11 is 0. The van der Waals surface area contributed by atoms with Crippen LogP contribution in [0.5, 0.6) is 6.01 Å². The average Bonchev–Trinajstić information content (AvgIpc) is 3.52. The number of halogens is 2. The molecule has 182 valence electrons. The highest BCUT2D eigenvalue weighted by Crippen LogP contribution is 2.34. The van der Waals surface area contributed by atoms with E-state index in [0.29, 0.717) is 36.8 Å². The van der Waals surface area contributed by atoms with Crippen molar-refractivity contribution in [3.63, 3.8) is 0 Å². The maximum Gasteiger partial charge on any atom is 0.316 e. The van der Waals surface area contributed by atoms with Crippen LogP contribution in [0.2, 0.25) is 0 Å². The summed E-state index contributed by atoms with van der Waals surface area (Å²) < 4.78 is 36.7. The first-order valence-corrected chi connectivity index (χ1v) is 10.9. The van der Waals surface area contributed by atoms with E-state index in [0.717, 1.165) is 12.1 Å². The van der Waals surface area contributed by atoms with Crippen LogP contribution in [0.25, 0.3) is 11.4 Å². The fraction of sp³-hybridized carbons (Fsp3) is 0.364. The lowest BCUT2D eigenvalue weighted by molar-refractivity contribution is -0.0714. The van der Waals surface area contributed by atoms with Crippen LogP contribution in [-0.4, -0.2) is 69.2 Å². The minimum absolute atomic E-state index is 0.0231. The summed E-state index contributed by atoms with van der Waals surface area (Å²) in [7, 11) is 1.49. The van der Waals surface area contributed by atoms with Crippen molar-refractivity contribution in [2.75, 3.05) is 13.7 Å². The van der Waals surface area contributed by atoms with Crippen LogP contribution in [0.15, 0.2) is 43.2 Å². The molecular formula is C22H23F2N9O2. The van der Waals surface area contributed by atoms with Crippen molar-refractivity contribution >= 4 is 0 Å². The fourth-order valence-corrected chi connectivity index (χ4v) is 4.29. The molecule has 0 saturated heterocycles. The SMILES string of the molecule is COc1ncc(-c2nc3n(n2)CCN([C@H](C)[C@](O)(Cn2cncn2)c2ccc(F)cc2F)C3)cn1. The first kappa shape index (κ1) is 22.9. The van der Waals surface area contributed by atoms with Crippen LogP contribution in [0.3, 0.4) is 0 Å². The Labute approximate surface area is 199 Å². The number of methoxy groups -OCH3 is 1. The van der Waals surface area contributed by atoms with Crippen molar-refractivity contribution in [1.82, 2.24) is 44.4 Å². The second-order valence-electron chi connectivity index (χ2n) is 8.32. The summed E-state index contributed by atoms with van der Waals surface area (Å²) in [4.78, 5) is 18.7. The molecule has 0 unspecified atom stereocenters. The van der Waals surface area contributed by atoms with E-state index >= 15 is 0 Å². The maximum atomic E-state index is 14.9. The molecule has 5 rings (SSSR count). The molecule has 3 aromatic heterocycles. The number of rotatable bonds is 7. The number of aromatic nitrogens is 8. The van der Waals surface area contributed by atoms with Gasteiger partial charge in [-0.2, -0.15) is 10.2 Å². The Balaban J connectivity index is 1.44. The highest BCUT2D eigenvalue weighted by atomic mass is 19.1. The van der Waals surface area contributed by atoms with Crippen LogP contribution in [-0.2, 0) is 25.2 Å². The van der Waals surface area contributed by atoms with E-state index in [4.69, 9.17) is 4.74 Å². The van der Waals surface area contributed by atoms with Gasteiger partial charge >= 0.3 is 6.01 Å². The van der Waals surface area contributed by atoms with E-state index in [9.17, 15) is 13.9 Å². The minimum Gasteiger partial charge on any atom is -0.467 e. The molecule has 35 heavy (non-hydrogen) atoms. The zero-order valence-electron chi connectivity index (χ0n) is 19.1. The van der Waals surface area contributed by atoms with Crippen LogP contribution in [0.4, 0.5) is 8.78 Å². The van der Waals surface area contributed by atoms with Crippen LogP contribution < -0.4 is 4.74 Å². The Morgan fingerprint density at radius 2 is 2.00 bits per heavy atom. The van der Waals surface area contributed by atoms with Crippen molar-refractivity contribution in [3.05, 3.63) is 66.3 Å². The number of ether oxygens (including phenoxy) is 1. The van der Waals surface area contributed by atoms with Crippen molar-refractivity contribution in [3.8, 4) is 17.4 Å². The van der Waals surface area contributed by atoms with Gasteiger partial charge in [0.2, 0.25) is 0 Å². The molecule has 0 fully saturated rings. The quantitative estimate of drug-likeness (QED) is 0.416. The lowest BCUT2D eigenvalue weighted by atomic mass is 9.85. The van der Waals surface area contributed by atoms with Gasteiger partial charge in [0.15, 0.2) is 5.82 Å².